The maximum Gasteiger partial charge on any atom is 0.319 e. The Morgan fingerprint density at radius 3 is 2.29 bits per heavy atom. The summed E-state index contributed by atoms with van der Waals surface area (Å²) in [6, 6.07) is -0.0112. The lowest BCUT2D eigenvalue weighted by molar-refractivity contribution is -0.138. The fourth-order valence-corrected chi connectivity index (χ4v) is 3.40. The third-order valence-corrected chi connectivity index (χ3v) is 4.85. The number of rotatable bonds is 2. The van der Waals surface area contributed by atoms with Crippen LogP contribution in [0.15, 0.2) is 0 Å². The fraction of sp³-hybridized carbons (Fsp3) is 0.867. The summed E-state index contributed by atoms with van der Waals surface area (Å²) >= 11 is 0. The van der Waals surface area contributed by atoms with Crippen LogP contribution in [0.4, 0.5) is 4.79 Å². The summed E-state index contributed by atoms with van der Waals surface area (Å²) in [7, 11) is 3.49. The van der Waals surface area contributed by atoms with E-state index in [1.807, 2.05) is 4.90 Å². The lowest BCUT2D eigenvalue weighted by Gasteiger charge is -2.36. The van der Waals surface area contributed by atoms with E-state index in [4.69, 9.17) is 0 Å². The highest BCUT2D eigenvalue weighted by molar-refractivity contribution is 5.80. The summed E-state index contributed by atoms with van der Waals surface area (Å²) in [6.07, 6.45) is 2.41. The minimum absolute atomic E-state index is 0.00411. The van der Waals surface area contributed by atoms with E-state index in [9.17, 15) is 14.7 Å². The number of hydrogen-bond acceptors (Lipinski definition) is 3. The highest BCUT2D eigenvalue weighted by atomic mass is 16.3. The van der Waals surface area contributed by atoms with Crippen molar-refractivity contribution in [3.8, 4) is 0 Å². The van der Waals surface area contributed by atoms with Crippen molar-refractivity contribution in [1.82, 2.24) is 14.7 Å². The van der Waals surface area contributed by atoms with Crippen LogP contribution < -0.4 is 0 Å². The Morgan fingerprint density at radius 1 is 1.14 bits per heavy atom. The summed E-state index contributed by atoms with van der Waals surface area (Å²) in [5.41, 5.74) is 0. The predicted octanol–water partition coefficient (Wildman–Crippen LogP) is 0.609. The molecule has 2 heterocycles. The first-order valence-electron chi connectivity index (χ1n) is 7.83. The maximum absolute atomic E-state index is 12.6. The molecule has 0 aromatic carbocycles. The van der Waals surface area contributed by atoms with Crippen LogP contribution in [0.25, 0.3) is 0 Å². The standard InChI is InChI=1S/C15H27N3O3/c1-11-4-9-18(13(11)10-19)14(20)12-5-7-17(8-6-12)15(21)16(2)3/h11-13,19H,4-10H2,1-3H3. The van der Waals surface area contributed by atoms with Crippen LogP contribution in [0.1, 0.15) is 26.2 Å². The molecule has 0 saturated carbocycles. The molecule has 0 radical (unpaired) electrons. The third-order valence-electron chi connectivity index (χ3n) is 4.85. The molecule has 2 rings (SSSR count). The van der Waals surface area contributed by atoms with Crippen molar-refractivity contribution in [1.29, 1.82) is 0 Å². The predicted molar refractivity (Wildman–Crippen MR) is 79.7 cm³/mol. The minimum atomic E-state index is -0.0288. The van der Waals surface area contributed by atoms with E-state index in [2.05, 4.69) is 6.92 Å². The number of aliphatic hydroxyl groups is 1. The van der Waals surface area contributed by atoms with Crippen molar-refractivity contribution < 1.29 is 14.7 Å². The molecular formula is C15H27N3O3. The molecule has 6 heteroatoms. The molecule has 3 amide bonds. The number of hydrogen-bond donors (Lipinski definition) is 1. The summed E-state index contributed by atoms with van der Waals surface area (Å²) in [5.74, 6) is 0.528. The summed E-state index contributed by atoms with van der Waals surface area (Å²) in [5, 5.41) is 9.48. The van der Waals surface area contributed by atoms with Gasteiger partial charge in [-0.05, 0) is 25.2 Å². The van der Waals surface area contributed by atoms with Gasteiger partial charge in [0.1, 0.15) is 0 Å². The van der Waals surface area contributed by atoms with E-state index < -0.39 is 0 Å². The van der Waals surface area contributed by atoms with Gasteiger partial charge < -0.3 is 19.8 Å². The van der Waals surface area contributed by atoms with Crippen molar-refractivity contribution in [2.45, 2.75) is 32.2 Å². The summed E-state index contributed by atoms with van der Waals surface area (Å²) in [4.78, 5) is 29.8. The number of urea groups is 1. The van der Waals surface area contributed by atoms with Crippen molar-refractivity contribution in [3.05, 3.63) is 0 Å². The molecule has 0 aromatic rings. The van der Waals surface area contributed by atoms with Crippen molar-refractivity contribution >= 4 is 11.9 Å². The van der Waals surface area contributed by atoms with Crippen LogP contribution >= 0.6 is 0 Å². The second kappa shape index (κ2) is 6.64. The molecule has 0 spiro atoms. The summed E-state index contributed by atoms with van der Waals surface area (Å²) in [6.45, 7) is 4.17. The lowest BCUT2D eigenvalue weighted by atomic mass is 9.94. The molecule has 21 heavy (non-hydrogen) atoms. The van der Waals surface area contributed by atoms with Crippen LogP contribution in [-0.2, 0) is 4.79 Å². The van der Waals surface area contributed by atoms with Crippen LogP contribution in [0.5, 0.6) is 0 Å². The first kappa shape index (κ1) is 16.1. The Balaban J connectivity index is 1.90. The SMILES string of the molecule is CC1CCN(C(=O)C2CCN(C(=O)N(C)C)CC2)C1CO. The molecule has 2 fully saturated rings. The molecule has 2 aliphatic heterocycles. The Morgan fingerprint density at radius 2 is 1.76 bits per heavy atom. The average Bonchev–Trinajstić information content (AvgIpc) is 2.86. The third kappa shape index (κ3) is 3.31. The number of likely N-dealkylation sites (tertiary alicyclic amines) is 2. The van der Waals surface area contributed by atoms with E-state index in [0.717, 1.165) is 25.8 Å². The molecule has 2 unspecified atom stereocenters. The van der Waals surface area contributed by atoms with Gasteiger partial charge >= 0.3 is 6.03 Å². The zero-order chi connectivity index (χ0) is 15.6. The van der Waals surface area contributed by atoms with Gasteiger partial charge in [0, 0.05) is 39.6 Å². The second-order valence-corrected chi connectivity index (χ2v) is 6.49. The van der Waals surface area contributed by atoms with E-state index in [0.29, 0.717) is 19.0 Å². The van der Waals surface area contributed by atoms with E-state index in [1.54, 1.807) is 23.9 Å². The second-order valence-electron chi connectivity index (χ2n) is 6.49. The molecule has 2 aliphatic rings. The highest BCUT2D eigenvalue weighted by Crippen LogP contribution is 2.28. The molecule has 0 bridgehead atoms. The molecule has 6 nitrogen and oxygen atoms in total. The Kier molecular flexibility index (Phi) is 5.08. The molecule has 2 saturated heterocycles. The number of aliphatic hydroxyl groups excluding tert-OH is 1. The largest absolute Gasteiger partial charge is 0.394 e. The van der Waals surface area contributed by atoms with Crippen LogP contribution in [-0.4, -0.2) is 78.1 Å². The number of carbonyl (C=O) groups is 2. The smallest absolute Gasteiger partial charge is 0.319 e. The Bertz CT molecular complexity index is 392. The normalized spacial score (nSPS) is 27.0. The summed E-state index contributed by atoms with van der Waals surface area (Å²) < 4.78 is 0. The van der Waals surface area contributed by atoms with Crippen LogP contribution in [0.3, 0.4) is 0 Å². The first-order chi connectivity index (χ1) is 9.95. The number of nitrogens with zero attached hydrogens (tertiary/aromatic N) is 3. The van der Waals surface area contributed by atoms with Crippen molar-refractivity contribution in [2.75, 3.05) is 40.3 Å². The minimum Gasteiger partial charge on any atom is -0.394 e. The maximum atomic E-state index is 12.6. The molecule has 2 atom stereocenters. The van der Waals surface area contributed by atoms with Gasteiger partial charge in [-0.15, -0.1) is 0 Å². The van der Waals surface area contributed by atoms with E-state index in [-0.39, 0.29) is 30.5 Å². The van der Waals surface area contributed by atoms with Crippen LogP contribution in [0.2, 0.25) is 0 Å². The Hall–Kier alpha value is -1.30. The van der Waals surface area contributed by atoms with Crippen molar-refractivity contribution in [3.63, 3.8) is 0 Å². The molecular weight excluding hydrogens is 270 g/mol. The molecule has 1 N–H and O–H groups in total. The van der Waals surface area contributed by atoms with Gasteiger partial charge in [0.15, 0.2) is 0 Å². The van der Waals surface area contributed by atoms with E-state index in [1.165, 1.54) is 0 Å². The lowest BCUT2D eigenvalue weighted by Crippen LogP contribution is -2.49. The molecule has 0 aliphatic carbocycles. The number of carbonyl (C=O) groups excluding carboxylic acids is 2. The van der Waals surface area contributed by atoms with Gasteiger partial charge in [-0.3, -0.25) is 4.79 Å². The first-order valence-corrected chi connectivity index (χ1v) is 7.83. The highest BCUT2D eigenvalue weighted by Gasteiger charge is 2.38. The van der Waals surface area contributed by atoms with Gasteiger partial charge in [-0.2, -0.15) is 0 Å². The molecule has 120 valence electrons. The Labute approximate surface area is 126 Å². The monoisotopic (exact) mass is 297 g/mol. The quantitative estimate of drug-likeness (QED) is 0.812. The van der Waals surface area contributed by atoms with Gasteiger partial charge in [-0.1, -0.05) is 6.92 Å². The number of piperidine rings is 1. The number of amides is 3. The van der Waals surface area contributed by atoms with E-state index >= 15 is 0 Å². The zero-order valence-corrected chi connectivity index (χ0v) is 13.3. The fourth-order valence-electron chi connectivity index (χ4n) is 3.40. The molecule has 0 aromatic heterocycles. The van der Waals surface area contributed by atoms with Gasteiger partial charge in [0.2, 0.25) is 5.91 Å². The van der Waals surface area contributed by atoms with Gasteiger partial charge in [-0.25, -0.2) is 4.79 Å². The topological polar surface area (TPSA) is 64.1 Å². The van der Waals surface area contributed by atoms with Gasteiger partial charge in [0.25, 0.3) is 0 Å². The zero-order valence-electron chi connectivity index (χ0n) is 13.3. The van der Waals surface area contributed by atoms with Crippen molar-refractivity contribution in [2.24, 2.45) is 11.8 Å². The van der Waals surface area contributed by atoms with Gasteiger partial charge in [0.05, 0.1) is 12.6 Å². The average molecular weight is 297 g/mol. The van der Waals surface area contributed by atoms with Crippen LogP contribution in [0, 0.1) is 11.8 Å².